The van der Waals surface area contributed by atoms with E-state index >= 15 is 0 Å². The van der Waals surface area contributed by atoms with Gasteiger partial charge in [0.25, 0.3) is 5.91 Å². The van der Waals surface area contributed by atoms with Gasteiger partial charge in [0.05, 0.1) is 0 Å². The van der Waals surface area contributed by atoms with Gasteiger partial charge in [0, 0.05) is 17.6 Å². The minimum atomic E-state index is -0.673. The molecule has 1 N–H and O–H groups in total. The fourth-order valence-electron chi connectivity index (χ4n) is 3.23. The van der Waals surface area contributed by atoms with Gasteiger partial charge in [-0.15, -0.1) is 0 Å². The second-order valence-electron chi connectivity index (χ2n) is 8.99. The molecule has 0 aliphatic heterocycles. The average Bonchev–Trinajstić information content (AvgIpc) is 2.70. The van der Waals surface area contributed by atoms with E-state index in [1.807, 2.05) is 56.3 Å². The van der Waals surface area contributed by atoms with Crippen LogP contribution in [0, 0.1) is 0 Å². The maximum absolute atomic E-state index is 13.2. The van der Waals surface area contributed by atoms with Gasteiger partial charge in [-0.3, -0.25) is 9.59 Å². The molecule has 0 bridgehead atoms. The van der Waals surface area contributed by atoms with Crippen LogP contribution in [0.3, 0.4) is 0 Å². The molecule has 0 heterocycles. The van der Waals surface area contributed by atoms with Crippen LogP contribution < -0.4 is 10.1 Å². The van der Waals surface area contributed by atoms with Crippen molar-refractivity contribution < 1.29 is 14.3 Å². The number of carbonyl (C=O) groups is 2. The van der Waals surface area contributed by atoms with E-state index in [1.54, 1.807) is 13.0 Å². The summed E-state index contributed by atoms with van der Waals surface area (Å²) in [6.45, 7) is 11.8. The lowest BCUT2D eigenvalue weighted by atomic mass is 9.86. The molecular formula is C25H33ClN2O3. The SMILES string of the molecule is CC(C)NC(=O)C(C)N(Cc1ccccc1Cl)C(=O)COc1ccccc1C(C)(C)C. The third-order valence-electron chi connectivity index (χ3n) is 4.94. The Hall–Kier alpha value is -2.53. The van der Waals surface area contributed by atoms with Gasteiger partial charge >= 0.3 is 0 Å². The first-order chi connectivity index (χ1) is 14.5. The van der Waals surface area contributed by atoms with E-state index in [9.17, 15) is 9.59 Å². The number of para-hydroxylation sites is 1. The number of hydrogen-bond acceptors (Lipinski definition) is 3. The van der Waals surface area contributed by atoms with Gasteiger partial charge in [0.15, 0.2) is 6.61 Å². The molecule has 6 heteroatoms. The summed E-state index contributed by atoms with van der Waals surface area (Å²) in [5.41, 5.74) is 1.67. The van der Waals surface area contributed by atoms with Gasteiger partial charge in [-0.2, -0.15) is 0 Å². The Morgan fingerprint density at radius 3 is 2.26 bits per heavy atom. The van der Waals surface area contributed by atoms with Crippen molar-refractivity contribution in [1.82, 2.24) is 10.2 Å². The Balaban J connectivity index is 2.24. The smallest absolute Gasteiger partial charge is 0.261 e. The van der Waals surface area contributed by atoms with Gasteiger partial charge in [-0.05, 0) is 49.4 Å². The summed E-state index contributed by atoms with van der Waals surface area (Å²) in [7, 11) is 0. The predicted octanol–water partition coefficient (Wildman–Crippen LogP) is 4.96. The molecule has 2 rings (SSSR count). The second-order valence-corrected chi connectivity index (χ2v) is 9.39. The van der Waals surface area contributed by atoms with Crippen molar-refractivity contribution in [2.45, 2.75) is 65.6 Å². The maximum atomic E-state index is 13.2. The lowest BCUT2D eigenvalue weighted by molar-refractivity contribution is -0.142. The van der Waals surface area contributed by atoms with Gasteiger partial charge in [0.2, 0.25) is 5.91 Å². The highest BCUT2D eigenvalue weighted by molar-refractivity contribution is 6.31. The summed E-state index contributed by atoms with van der Waals surface area (Å²) < 4.78 is 5.93. The van der Waals surface area contributed by atoms with E-state index < -0.39 is 6.04 Å². The molecular weight excluding hydrogens is 412 g/mol. The molecule has 0 spiro atoms. The van der Waals surface area contributed by atoms with Gasteiger partial charge in [-0.25, -0.2) is 0 Å². The molecule has 168 valence electrons. The fraction of sp³-hybridized carbons (Fsp3) is 0.440. The van der Waals surface area contributed by atoms with Crippen LogP contribution in [-0.4, -0.2) is 35.4 Å². The zero-order valence-electron chi connectivity index (χ0n) is 19.2. The van der Waals surface area contributed by atoms with Gasteiger partial charge < -0.3 is 15.0 Å². The van der Waals surface area contributed by atoms with E-state index in [0.29, 0.717) is 10.8 Å². The summed E-state index contributed by atoms with van der Waals surface area (Å²) in [5, 5.41) is 3.43. The number of amides is 2. The third-order valence-corrected chi connectivity index (χ3v) is 5.31. The summed E-state index contributed by atoms with van der Waals surface area (Å²) in [6, 6.07) is 14.3. The largest absolute Gasteiger partial charge is 0.483 e. The quantitative estimate of drug-likeness (QED) is 0.626. The van der Waals surface area contributed by atoms with Crippen molar-refractivity contribution >= 4 is 23.4 Å². The minimum absolute atomic E-state index is 0.0258. The monoisotopic (exact) mass is 444 g/mol. The van der Waals surface area contributed by atoms with Crippen LogP contribution in [0.4, 0.5) is 0 Å². The van der Waals surface area contributed by atoms with Crippen LogP contribution in [0.1, 0.15) is 52.7 Å². The summed E-state index contributed by atoms with van der Waals surface area (Å²) in [6.07, 6.45) is 0. The average molecular weight is 445 g/mol. The maximum Gasteiger partial charge on any atom is 0.261 e. The van der Waals surface area contributed by atoms with Crippen molar-refractivity contribution in [2.24, 2.45) is 0 Å². The first-order valence-electron chi connectivity index (χ1n) is 10.6. The Labute approximate surface area is 190 Å². The number of carbonyl (C=O) groups excluding carboxylic acids is 2. The van der Waals surface area contributed by atoms with Crippen LogP contribution in [0.15, 0.2) is 48.5 Å². The molecule has 2 aromatic carbocycles. The van der Waals surface area contributed by atoms with Crippen molar-refractivity contribution in [2.75, 3.05) is 6.61 Å². The standard InChI is InChI=1S/C25H33ClN2O3/c1-17(2)27-24(30)18(3)28(15-19-11-7-9-13-21(19)26)23(29)16-31-22-14-10-8-12-20(22)25(4,5)6/h7-14,17-18H,15-16H2,1-6H3,(H,27,30). The normalized spacial score (nSPS) is 12.4. The van der Waals surface area contributed by atoms with E-state index in [4.69, 9.17) is 16.3 Å². The van der Waals surface area contributed by atoms with E-state index in [1.165, 1.54) is 4.90 Å². The zero-order chi connectivity index (χ0) is 23.2. The molecule has 1 atom stereocenters. The highest BCUT2D eigenvalue weighted by Gasteiger charge is 2.28. The first kappa shape index (κ1) is 24.7. The van der Waals surface area contributed by atoms with Crippen LogP contribution in [0.2, 0.25) is 5.02 Å². The molecule has 0 aliphatic carbocycles. The Bertz CT molecular complexity index is 906. The molecule has 2 aromatic rings. The Kier molecular flexibility index (Phi) is 8.52. The van der Waals surface area contributed by atoms with Gasteiger partial charge in [-0.1, -0.05) is 68.8 Å². The highest BCUT2D eigenvalue weighted by Crippen LogP contribution is 2.31. The lowest BCUT2D eigenvalue weighted by Crippen LogP contribution is -2.50. The summed E-state index contributed by atoms with van der Waals surface area (Å²) in [4.78, 5) is 27.4. The number of nitrogens with zero attached hydrogens (tertiary/aromatic N) is 1. The second kappa shape index (κ2) is 10.7. The number of rotatable bonds is 8. The third kappa shape index (κ3) is 7.00. The topological polar surface area (TPSA) is 58.6 Å². The molecule has 0 saturated heterocycles. The molecule has 0 fully saturated rings. The van der Waals surface area contributed by atoms with Crippen molar-refractivity contribution in [3.05, 3.63) is 64.7 Å². The molecule has 0 aromatic heterocycles. The van der Waals surface area contributed by atoms with E-state index in [0.717, 1.165) is 11.1 Å². The molecule has 1 unspecified atom stereocenters. The Morgan fingerprint density at radius 2 is 1.65 bits per heavy atom. The number of nitrogens with one attached hydrogen (secondary N) is 1. The van der Waals surface area contributed by atoms with Crippen molar-refractivity contribution in [3.8, 4) is 5.75 Å². The fourth-order valence-corrected chi connectivity index (χ4v) is 3.43. The lowest BCUT2D eigenvalue weighted by Gasteiger charge is -2.30. The molecule has 5 nitrogen and oxygen atoms in total. The van der Waals surface area contributed by atoms with Crippen LogP contribution in [0.5, 0.6) is 5.75 Å². The molecule has 31 heavy (non-hydrogen) atoms. The molecule has 0 aliphatic rings. The van der Waals surface area contributed by atoms with Crippen LogP contribution >= 0.6 is 11.6 Å². The molecule has 0 saturated carbocycles. The summed E-state index contributed by atoms with van der Waals surface area (Å²) >= 11 is 6.32. The zero-order valence-corrected chi connectivity index (χ0v) is 20.0. The summed E-state index contributed by atoms with van der Waals surface area (Å²) in [5.74, 6) is 0.167. The molecule has 0 radical (unpaired) electrons. The van der Waals surface area contributed by atoms with Crippen molar-refractivity contribution in [1.29, 1.82) is 0 Å². The van der Waals surface area contributed by atoms with Crippen molar-refractivity contribution in [3.63, 3.8) is 0 Å². The van der Waals surface area contributed by atoms with E-state index in [-0.39, 0.29) is 36.4 Å². The highest BCUT2D eigenvalue weighted by atomic mass is 35.5. The molecule has 2 amide bonds. The minimum Gasteiger partial charge on any atom is -0.483 e. The Morgan fingerprint density at radius 1 is 1.03 bits per heavy atom. The number of halogens is 1. The number of ether oxygens (including phenoxy) is 1. The van der Waals surface area contributed by atoms with Crippen LogP contribution in [0.25, 0.3) is 0 Å². The van der Waals surface area contributed by atoms with E-state index in [2.05, 4.69) is 26.1 Å². The number of benzene rings is 2. The van der Waals surface area contributed by atoms with Gasteiger partial charge in [0.1, 0.15) is 11.8 Å². The predicted molar refractivity (Wildman–Crippen MR) is 125 cm³/mol. The van der Waals surface area contributed by atoms with Crippen LogP contribution in [-0.2, 0) is 21.5 Å². The first-order valence-corrected chi connectivity index (χ1v) is 10.9. The number of hydrogen-bond donors (Lipinski definition) is 1.